The number of nitrogens with two attached hydrogens (primary N) is 1. The van der Waals surface area contributed by atoms with Crippen LogP contribution in [0.25, 0.3) is 0 Å². The molecule has 1 saturated heterocycles. The van der Waals surface area contributed by atoms with Gasteiger partial charge in [-0.05, 0) is 12.8 Å². The van der Waals surface area contributed by atoms with Gasteiger partial charge in [0.15, 0.2) is 0 Å². The van der Waals surface area contributed by atoms with Gasteiger partial charge in [-0.2, -0.15) is 0 Å². The van der Waals surface area contributed by atoms with Crippen molar-refractivity contribution in [3.05, 3.63) is 0 Å². The maximum absolute atomic E-state index is 12.3. The van der Waals surface area contributed by atoms with Crippen molar-refractivity contribution in [3.63, 3.8) is 0 Å². The van der Waals surface area contributed by atoms with E-state index in [4.69, 9.17) is 15.6 Å². The van der Waals surface area contributed by atoms with Crippen molar-refractivity contribution in [2.24, 2.45) is 5.73 Å². The molecule has 2 amide bonds. The van der Waals surface area contributed by atoms with Gasteiger partial charge in [0.25, 0.3) is 0 Å². The zero-order valence-electron chi connectivity index (χ0n) is 11.6. The van der Waals surface area contributed by atoms with Gasteiger partial charge in [0.2, 0.25) is 0 Å². The van der Waals surface area contributed by atoms with Crippen LogP contribution in [0.2, 0.25) is 0 Å². The number of carbonyl (C=O) groups excluding carboxylic acids is 1. The molecule has 1 aliphatic carbocycles. The number of carbonyl (C=O) groups is 2. The zero-order valence-corrected chi connectivity index (χ0v) is 11.6. The fraction of sp³-hybridized carbons (Fsp3) is 0.846. The number of amides is 2. The predicted molar refractivity (Wildman–Crippen MR) is 72.3 cm³/mol. The Kier molecular flexibility index (Phi) is 5.19. The summed E-state index contributed by atoms with van der Waals surface area (Å²) in [5.41, 5.74) is 6.02. The van der Waals surface area contributed by atoms with E-state index in [1.807, 2.05) is 0 Å². The fourth-order valence-electron chi connectivity index (χ4n) is 2.87. The molecule has 7 heteroatoms. The van der Waals surface area contributed by atoms with Gasteiger partial charge in [-0.15, -0.1) is 0 Å². The maximum atomic E-state index is 12.3. The van der Waals surface area contributed by atoms with Crippen LogP contribution < -0.4 is 11.1 Å². The summed E-state index contributed by atoms with van der Waals surface area (Å²) in [6.07, 6.45) is 3.89. The van der Waals surface area contributed by atoms with Crippen LogP contribution in [0.4, 0.5) is 4.79 Å². The molecule has 0 aromatic heterocycles. The molecule has 0 spiro atoms. The molecular weight excluding hydrogens is 262 g/mol. The Morgan fingerprint density at radius 2 is 2.10 bits per heavy atom. The molecule has 1 heterocycles. The van der Waals surface area contributed by atoms with E-state index in [2.05, 4.69) is 5.32 Å². The van der Waals surface area contributed by atoms with Gasteiger partial charge in [-0.25, -0.2) is 4.79 Å². The van der Waals surface area contributed by atoms with Gasteiger partial charge in [-0.3, -0.25) is 4.79 Å². The smallest absolute Gasteiger partial charge is 0.318 e. The molecular formula is C13H23N3O4. The number of aliphatic carboxylic acids is 1. The van der Waals surface area contributed by atoms with Crippen molar-refractivity contribution in [1.82, 2.24) is 10.2 Å². The minimum absolute atomic E-state index is 0.00772. The largest absolute Gasteiger partial charge is 0.481 e. The van der Waals surface area contributed by atoms with E-state index in [1.165, 1.54) is 0 Å². The first-order valence-electron chi connectivity index (χ1n) is 7.20. The Balaban J connectivity index is 1.93. The third kappa shape index (κ3) is 3.83. The Hall–Kier alpha value is -1.34. The maximum Gasteiger partial charge on any atom is 0.318 e. The molecule has 20 heavy (non-hydrogen) atoms. The van der Waals surface area contributed by atoms with Crippen LogP contribution in [-0.2, 0) is 9.53 Å². The monoisotopic (exact) mass is 285 g/mol. The highest BCUT2D eigenvalue weighted by molar-refractivity contribution is 5.76. The summed E-state index contributed by atoms with van der Waals surface area (Å²) in [6.45, 7) is 1.14. The minimum Gasteiger partial charge on any atom is -0.481 e. The van der Waals surface area contributed by atoms with E-state index < -0.39 is 12.0 Å². The molecule has 114 valence electrons. The summed E-state index contributed by atoms with van der Waals surface area (Å²) in [7, 11) is 0. The summed E-state index contributed by atoms with van der Waals surface area (Å²) < 4.78 is 5.26. The fourth-order valence-corrected chi connectivity index (χ4v) is 2.87. The van der Waals surface area contributed by atoms with Crippen LogP contribution >= 0.6 is 0 Å². The van der Waals surface area contributed by atoms with E-state index in [-0.39, 0.29) is 31.1 Å². The summed E-state index contributed by atoms with van der Waals surface area (Å²) in [5, 5.41) is 11.8. The molecule has 1 saturated carbocycles. The molecule has 0 aromatic carbocycles. The van der Waals surface area contributed by atoms with Gasteiger partial charge in [-0.1, -0.05) is 12.8 Å². The van der Waals surface area contributed by atoms with E-state index in [0.717, 1.165) is 25.7 Å². The van der Waals surface area contributed by atoms with Gasteiger partial charge in [0, 0.05) is 18.6 Å². The van der Waals surface area contributed by atoms with Crippen LogP contribution in [0.15, 0.2) is 0 Å². The van der Waals surface area contributed by atoms with Gasteiger partial charge in [0.1, 0.15) is 0 Å². The van der Waals surface area contributed by atoms with Crippen LogP contribution in [0.1, 0.15) is 32.1 Å². The molecule has 2 rings (SSSR count). The number of rotatable bonds is 3. The third-order valence-electron chi connectivity index (χ3n) is 4.03. The average molecular weight is 285 g/mol. The summed E-state index contributed by atoms with van der Waals surface area (Å²) in [4.78, 5) is 24.7. The molecule has 0 aromatic rings. The molecule has 4 N–H and O–H groups in total. The summed E-state index contributed by atoms with van der Waals surface area (Å²) in [5.74, 6) is -0.923. The van der Waals surface area contributed by atoms with Crippen molar-refractivity contribution >= 4 is 12.0 Å². The van der Waals surface area contributed by atoms with Gasteiger partial charge >= 0.3 is 12.0 Å². The molecule has 2 aliphatic rings. The van der Waals surface area contributed by atoms with Crippen LogP contribution in [0, 0.1) is 0 Å². The van der Waals surface area contributed by atoms with Crippen molar-refractivity contribution in [2.75, 3.05) is 19.8 Å². The third-order valence-corrected chi connectivity index (χ3v) is 4.03. The number of hydrogen-bond donors (Lipinski definition) is 3. The lowest BCUT2D eigenvalue weighted by molar-refractivity contribution is -0.139. The topological polar surface area (TPSA) is 105 Å². The molecule has 7 nitrogen and oxygen atoms in total. The van der Waals surface area contributed by atoms with Crippen LogP contribution in [-0.4, -0.2) is 59.9 Å². The first kappa shape index (κ1) is 15.1. The lowest BCUT2D eigenvalue weighted by Crippen LogP contribution is -2.58. The van der Waals surface area contributed by atoms with Crippen LogP contribution in [0.3, 0.4) is 0 Å². The SMILES string of the molecule is NC1CCCCC1NC(=O)N1CCOCC1CC(=O)O. The zero-order chi connectivity index (χ0) is 14.5. The predicted octanol–water partition coefficient (Wildman–Crippen LogP) is 0.141. The second-order valence-electron chi connectivity index (χ2n) is 5.52. The van der Waals surface area contributed by atoms with E-state index in [9.17, 15) is 9.59 Å². The van der Waals surface area contributed by atoms with Gasteiger partial charge < -0.3 is 25.8 Å². The lowest BCUT2D eigenvalue weighted by atomic mass is 9.91. The molecule has 2 fully saturated rings. The molecule has 1 aliphatic heterocycles. The lowest BCUT2D eigenvalue weighted by Gasteiger charge is -2.37. The first-order chi connectivity index (χ1) is 9.58. The number of hydrogen-bond acceptors (Lipinski definition) is 4. The number of carboxylic acids is 1. The van der Waals surface area contributed by atoms with E-state index in [0.29, 0.717) is 13.2 Å². The Morgan fingerprint density at radius 3 is 2.80 bits per heavy atom. The van der Waals surface area contributed by atoms with Crippen molar-refractivity contribution in [2.45, 2.75) is 50.2 Å². The normalized spacial score (nSPS) is 30.9. The first-order valence-corrected chi connectivity index (χ1v) is 7.20. The minimum atomic E-state index is -0.923. The molecule has 0 bridgehead atoms. The highest BCUT2D eigenvalue weighted by Crippen LogP contribution is 2.18. The number of ether oxygens (including phenoxy) is 1. The van der Waals surface area contributed by atoms with Crippen molar-refractivity contribution in [3.8, 4) is 0 Å². The Bertz CT molecular complexity index is 364. The number of urea groups is 1. The van der Waals surface area contributed by atoms with Gasteiger partial charge in [0.05, 0.1) is 25.7 Å². The second-order valence-corrected chi connectivity index (χ2v) is 5.52. The number of morpholine rings is 1. The summed E-state index contributed by atoms with van der Waals surface area (Å²) in [6, 6.07) is -0.640. The second kappa shape index (κ2) is 6.90. The van der Waals surface area contributed by atoms with E-state index >= 15 is 0 Å². The Morgan fingerprint density at radius 1 is 1.35 bits per heavy atom. The standard InChI is InChI=1S/C13H23N3O4/c14-10-3-1-2-4-11(10)15-13(19)16-5-6-20-8-9(16)7-12(17)18/h9-11H,1-8,14H2,(H,15,19)(H,17,18). The Labute approximate surface area is 118 Å². The summed E-state index contributed by atoms with van der Waals surface area (Å²) >= 11 is 0. The number of nitrogens with one attached hydrogen (secondary N) is 1. The number of nitrogens with zero attached hydrogens (tertiary/aromatic N) is 1. The highest BCUT2D eigenvalue weighted by Gasteiger charge is 2.31. The molecule has 0 radical (unpaired) electrons. The number of carboxylic acid groups (broad SMARTS) is 1. The van der Waals surface area contributed by atoms with Crippen molar-refractivity contribution in [1.29, 1.82) is 0 Å². The quantitative estimate of drug-likeness (QED) is 0.684. The molecule has 3 unspecified atom stereocenters. The van der Waals surface area contributed by atoms with Crippen molar-refractivity contribution < 1.29 is 19.4 Å². The van der Waals surface area contributed by atoms with E-state index in [1.54, 1.807) is 4.90 Å². The highest BCUT2D eigenvalue weighted by atomic mass is 16.5. The average Bonchev–Trinajstić information content (AvgIpc) is 2.41. The molecule has 3 atom stereocenters. The van der Waals surface area contributed by atoms with Crippen LogP contribution in [0.5, 0.6) is 0 Å².